The van der Waals surface area contributed by atoms with Gasteiger partial charge in [0.15, 0.2) is 0 Å². The number of carboxylic acid groups (broad SMARTS) is 1. The van der Waals surface area contributed by atoms with Gasteiger partial charge in [-0.05, 0) is 25.0 Å². The van der Waals surface area contributed by atoms with Crippen LogP contribution in [0, 0.1) is 0 Å². The van der Waals surface area contributed by atoms with Crippen molar-refractivity contribution in [3.63, 3.8) is 0 Å². The maximum atomic E-state index is 10.6. The first-order valence-electron chi connectivity index (χ1n) is 6.30. The van der Waals surface area contributed by atoms with Crippen LogP contribution < -0.4 is 5.32 Å². The number of carboxylic acids is 1. The van der Waals surface area contributed by atoms with Gasteiger partial charge in [-0.25, -0.2) is 9.78 Å². The Morgan fingerprint density at radius 2 is 2.22 bits per heavy atom. The van der Waals surface area contributed by atoms with Crippen molar-refractivity contribution < 1.29 is 14.6 Å². The van der Waals surface area contributed by atoms with Crippen molar-refractivity contribution in [3.8, 4) is 0 Å². The van der Waals surface area contributed by atoms with Gasteiger partial charge in [0.1, 0.15) is 5.82 Å². The molecule has 1 aliphatic rings. The molecule has 0 saturated heterocycles. The van der Waals surface area contributed by atoms with Gasteiger partial charge in [0, 0.05) is 12.7 Å². The molecule has 0 unspecified atom stereocenters. The summed E-state index contributed by atoms with van der Waals surface area (Å²) in [7, 11) is 0. The Hall–Kier alpha value is -1.62. The first-order chi connectivity index (χ1) is 8.75. The number of nitrogens with one attached hydrogen (secondary N) is 1. The summed E-state index contributed by atoms with van der Waals surface area (Å²) >= 11 is 0. The molecule has 5 nitrogen and oxygen atoms in total. The van der Waals surface area contributed by atoms with Crippen molar-refractivity contribution in [2.75, 3.05) is 18.5 Å². The van der Waals surface area contributed by atoms with Crippen LogP contribution in [-0.2, 0) is 4.74 Å². The van der Waals surface area contributed by atoms with E-state index in [0.29, 0.717) is 25.1 Å². The molecule has 1 aromatic heterocycles. The van der Waals surface area contributed by atoms with Gasteiger partial charge in [0.25, 0.3) is 0 Å². The average Bonchev–Trinajstić information content (AvgIpc) is 2.88. The highest BCUT2D eigenvalue weighted by Gasteiger charge is 2.14. The molecule has 0 amide bonds. The van der Waals surface area contributed by atoms with Crippen molar-refractivity contribution in [2.24, 2.45) is 0 Å². The lowest BCUT2D eigenvalue weighted by atomic mass is 10.3. The predicted octanol–water partition coefficient (Wildman–Crippen LogP) is 2.15. The lowest BCUT2D eigenvalue weighted by molar-refractivity contribution is 0.0658. The zero-order valence-corrected chi connectivity index (χ0v) is 10.3. The van der Waals surface area contributed by atoms with E-state index in [4.69, 9.17) is 9.84 Å². The van der Waals surface area contributed by atoms with E-state index in [1.54, 1.807) is 6.07 Å². The SMILES string of the molecule is O=C(O)c1ccc(NCCOC2CCCC2)nc1. The van der Waals surface area contributed by atoms with Crippen LogP contribution in [0.4, 0.5) is 5.82 Å². The fourth-order valence-corrected chi connectivity index (χ4v) is 2.08. The van der Waals surface area contributed by atoms with E-state index in [-0.39, 0.29) is 5.56 Å². The highest BCUT2D eigenvalue weighted by atomic mass is 16.5. The number of hydrogen-bond donors (Lipinski definition) is 2. The van der Waals surface area contributed by atoms with E-state index in [1.807, 2.05) is 0 Å². The predicted molar refractivity (Wildman–Crippen MR) is 67.9 cm³/mol. The molecule has 1 heterocycles. The number of hydrogen-bond acceptors (Lipinski definition) is 4. The molecule has 0 aliphatic heterocycles. The topological polar surface area (TPSA) is 71.5 Å². The summed E-state index contributed by atoms with van der Waals surface area (Å²) in [6.45, 7) is 1.35. The molecular formula is C13H18N2O3. The summed E-state index contributed by atoms with van der Waals surface area (Å²) in [4.78, 5) is 14.7. The van der Waals surface area contributed by atoms with Gasteiger partial charge in [-0.2, -0.15) is 0 Å². The van der Waals surface area contributed by atoms with Gasteiger partial charge in [0.2, 0.25) is 0 Å². The summed E-state index contributed by atoms with van der Waals surface area (Å²) in [5.74, 6) is -0.284. The maximum absolute atomic E-state index is 10.6. The van der Waals surface area contributed by atoms with Crippen molar-refractivity contribution in [1.29, 1.82) is 0 Å². The minimum Gasteiger partial charge on any atom is -0.478 e. The molecule has 1 aromatic rings. The number of carbonyl (C=O) groups is 1. The summed E-state index contributed by atoms with van der Waals surface area (Å²) in [5, 5.41) is 11.8. The number of rotatable bonds is 6. The van der Waals surface area contributed by atoms with E-state index >= 15 is 0 Å². The number of pyridine rings is 1. The number of aromatic carboxylic acids is 1. The van der Waals surface area contributed by atoms with Crippen LogP contribution in [0.1, 0.15) is 36.0 Å². The number of anilines is 1. The first-order valence-corrected chi connectivity index (χ1v) is 6.30. The zero-order chi connectivity index (χ0) is 12.8. The summed E-state index contributed by atoms with van der Waals surface area (Å²) in [6.07, 6.45) is 6.67. The molecule has 5 heteroatoms. The van der Waals surface area contributed by atoms with Crippen LogP contribution in [-0.4, -0.2) is 35.3 Å². The minimum atomic E-state index is -0.960. The Morgan fingerprint density at radius 1 is 1.44 bits per heavy atom. The van der Waals surface area contributed by atoms with Gasteiger partial charge >= 0.3 is 5.97 Å². The zero-order valence-electron chi connectivity index (χ0n) is 10.3. The van der Waals surface area contributed by atoms with Crippen molar-refractivity contribution in [3.05, 3.63) is 23.9 Å². The number of aromatic nitrogens is 1. The van der Waals surface area contributed by atoms with Gasteiger partial charge in [-0.15, -0.1) is 0 Å². The van der Waals surface area contributed by atoms with E-state index in [0.717, 1.165) is 0 Å². The van der Waals surface area contributed by atoms with Crippen LogP contribution in [0.15, 0.2) is 18.3 Å². The van der Waals surface area contributed by atoms with E-state index in [1.165, 1.54) is 37.9 Å². The van der Waals surface area contributed by atoms with Gasteiger partial charge in [0.05, 0.1) is 18.3 Å². The Kier molecular flexibility index (Phi) is 4.52. The van der Waals surface area contributed by atoms with Gasteiger partial charge in [-0.1, -0.05) is 12.8 Å². The molecule has 1 saturated carbocycles. The second-order valence-corrected chi connectivity index (χ2v) is 4.44. The second kappa shape index (κ2) is 6.35. The third-order valence-electron chi connectivity index (χ3n) is 3.07. The highest BCUT2D eigenvalue weighted by molar-refractivity contribution is 5.87. The Bertz CT molecular complexity index is 386. The molecule has 1 fully saturated rings. The summed E-state index contributed by atoms with van der Waals surface area (Å²) < 4.78 is 5.70. The molecule has 0 bridgehead atoms. The third-order valence-corrected chi connectivity index (χ3v) is 3.07. The fraction of sp³-hybridized carbons (Fsp3) is 0.538. The quantitative estimate of drug-likeness (QED) is 0.757. The molecule has 2 N–H and O–H groups in total. The highest BCUT2D eigenvalue weighted by Crippen LogP contribution is 2.20. The molecule has 2 rings (SSSR count). The van der Waals surface area contributed by atoms with Crippen LogP contribution in [0.5, 0.6) is 0 Å². The molecule has 98 valence electrons. The second-order valence-electron chi connectivity index (χ2n) is 4.44. The van der Waals surface area contributed by atoms with Crippen molar-refractivity contribution in [1.82, 2.24) is 4.98 Å². The molecule has 0 radical (unpaired) electrons. The first kappa shape index (κ1) is 12.8. The lowest BCUT2D eigenvalue weighted by Gasteiger charge is -2.11. The molecule has 1 aliphatic carbocycles. The number of ether oxygens (including phenoxy) is 1. The lowest BCUT2D eigenvalue weighted by Crippen LogP contribution is -2.15. The van der Waals surface area contributed by atoms with Gasteiger partial charge < -0.3 is 15.2 Å². The largest absolute Gasteiger partial charge is 0.478 e. The monoisotopic (exact) mass is 250 g/mol. The van der Waals surface area contributed by atoms with E-state index in [9.17, 15) is 4.79 Å². The smallest absolute Gasteiger partial charge is 0.337 e. The van der Waals surface area contributed by atoms with Gasteiger partial charge in [-0.3, -0.25) is 0 Å². The standard InChI is InChI=1S/C13H18N2O3/c16-13(17)10-5-6-12(15-9-10)14-7-8-18-11-3-1-2-4-11/h5-6,9,11H,1-4,7-8H2,(H,14,15)(H,16,17). The Morgan fingerprint density at radius 3 is 2.83 bits per heavy atom. The minimum absolute atomic E-state index is 0.197. The van der Waals surface area contributed by atoms with E-state index < -0.39 is 5.97 Å². The molecule has 0 spiro atoms. The Labute approximate surface area is 106 Å². The van der Waals surface area contributed by atoms with Crippen LogP contribution in [0.25, 0.3) is 0 Å². The van der Waals surface area contributed by atoms with Crippen molar-refractivity contribution in [2.45, 2.75) is 31.8 Å². The van der Waals surface area contributed by atoms with Crippen LogP contribution in [0.2, 0.25) is 0 Å². The molecular weight excluding hydrogens is 232 g/mol. The maximum Gasteiger partial charge on any atom is 0.337 e. The van der Waals surface area contributed by atoms with Crippen LogP contribution in [0.3, 0.4) is 0 Å². The number of nitrogens with zero attached hydrogens (tertiary/aromatic N) is 1. The fourth-order valence-electron chi connectivity index (χ4n) is 2.08. The average molecular weight is 250 g/mol. The van der Waals surface area contributed by atoms with Crippen LogP contribution >= 0.6 is 0 Å². The van der Waals surface area contributed by atoms with Crippen molar-refractivity contribution >= 4 is 11.8 Å². The molecule has 0 aromatic carbocycles. The summed E-state index contributed by atoms with van der Waals surface area (Å²) in [5.41, 5.74) is 0.197. The normalized spacial score (nSPS) is 15.8. The Balaban J connectivity index is 1.68. The molecule has 0 atom stereocenters. The third kappa shape index (κ3) is 3.70. The van der Waals surface area contributed by atoms with E-state index in [2.05, 4.69) is 10.3 Å². The summed E-state index contributed by atoms with van der Waals surface area (Å²) in [6, 6.07) is 3.20. The molecule has 18 heavy (non-hydrogen) atoms.